The van der Waals surface area contributed by atoms with Gasteiger partial charge in [-0.05, 0) is 38.2 Å². The fourth-order valence-electron chi connectivity index (χ4n) is 2.80. The second-order valence-electron chi connectivity index (χ2n) is 5.57. The van der Waals surface area contributed by atoms with E-state index in [1.807, 2.05) is 13.0 Å². The molecule has 114 valence electrons. The number of hydrogen-bond acceptors (Lipinski definition) is 5. The zero-order chi connectivity index (χ0) is 14.8. The third kappa shape index (κ3) is 3.82. The molecule has 6 nitrogen and oxygen atoms in total. The van der Waals surface area contributed by atoms with Crippen molar-refractivity contribution in [2.24, 2.45) is 11.8 Å². The van der Waals surface area contributed by atoms with E-state index in [1.165, 1.54) is 6.26 Å². The summed E-state index contributed by atoms with van der Waals surface area (Å²) < 4.78 is 30.1. The van der Waals surface area contributed by atoms with Crippen molar-refractivity contribution in [2.75, 3.05) is 19.3 Å². The first kappa shape index (κ1) is 15.5. The van der Waals surface area contributed by atoms with Crippen LogP contribution in [0.3, 0.4) is 0 Å². The van der Waals surface area contributed by atoms with E-state index in [9.17, 15) is 8.42 Å². The summed E-state index contributed by atoms with van der Waals surface area (Å²) in [6.45, 7) is 3.10. The second kappa shape index (κ2) is 6.26. The van der Waals surface area contributed by atoms with Crippen LogP contribution in [-0.4, -0.2) is 32.1 Å². The molecule has 0 radical (unpaired) electrons. The average molecular weight is 301 g/mol. The van der Waals surface area contributed by atoms with Crippen LogP contribution in [0.1, 0.15) is 36.6 Å². The van der Waals surface area contributed by atoms with Crippen LogP contribution in [-0.2, 0) is 10.0 Å². The van der Waals surface area contributed by atoms with Gasteiger partial charge in [-0.3, -0.25) is 11.3 Å². The van der Waals surface area contributed by atoms with Gasteiger partial charge >= 0.3 is 0 Å². The van der Waals surface area contributed by atoms with Gasteiger partial charge in [0.25, 0.3) is 0 Å². The average Bonchev–Trinajstić information content (AvgIpc) is 2.82. The monoisotopic (exact) mass is 301 g/mol. The lowest BCUT2D eigenvalue weighted by Crippen LogP contribution is -2.41. The van der Waals surface area contributed by atoms with Gasteiger partial charge in [0.1, 0.15) is 5.76 Å². The normalized spacial score (nSPS) is 22.9. The Hall–Kier alpha value is -0.890. The van der Waals surface area contributed by atoms with Gasteiger partial charge in [0.2, 0.25) is 10.0 Å². The molecule has 1 saturated heterocycles. The van der Waals surface area contributed by atoms with E-state index < -0.39 is 10.0 Å². The molecule has 0 saturated carbocycles. The SMILES string of the molecule is Cc1cc(C(CC2CCCN(S(C)(=O)=O)C2)NN)co1. The summed E-state index contributed by atoms with van der Waals surface area (Å²) in [7, 11) is -3.10. The molecule has 2 atom stereocenters. The highest BCUT2D eigenvalue weighted by atomic mass is 32.2. The Morgan fingerprint density at radius 2 is 2.35 bits per heavy atom. The van der Waals surface area contributed by atoms with Crippen molar-refractivity contribution in [3.05, 3.63) is 23.7 Å². The van der Waals surface area contributed by atoms with Crippen molar-refractivity contribution in [3.63, 3.8) is 0 Å². The van der Waals surface area contributed by atoms with E-state index in [4.69, 9.17) is 10.3 Å². The van der Waals surface area contributed by atoms with Crippen LogP contribution in [0.2, 0.25) is 0 Å². The molecule has 1 aliphatic heterocycles. The van der Waals surface area contributed by atoms with E-state index in [1.54, 1.807) is 10.6 Å². The lowest BCUT2D eigenvalue weighted by Gasteiger charge is -2.32. The molecule has 2 rings (SSSR count). The number of sulfonamides is 1. The van der Waals surface area contributed by atoms with Gasteiger partial charge in [-0.15, -0.1) is 0 Å². The van der Waals surface area contributed by atoms with Gasteiger partial charge in [0.05, 0.1) is 12.5 Å². The van der Waals surface area contributed by atoms with E-state index in [0.29, 0.717) is 19.0 Å². The summed E-state index contributed by atoms with van der Waals surface area (Å²) in [4.78, 5) is 0. The highest BCUT2D eigenvalue weighted by Crippen LogP contribution is 2.28. The Kier molecular flexibility index (Phi) is 4.85. The number of aryl methyl sites for hydroxylation is 1. The van der Waals surface area contributed by atoms with Gasteiger partial charge in [-0.25, -0.2) is 12.7 Å². The summed E-state index contributed by atoms with van der Waals surface area (Å²) in [5.74, 6) is 6.79. The highest BCUT2D eigenvalue weighted by molar-refractivity contribution is 7.88. The summed E-state index contributed by atoms with van der Waals surface area (Å²) in [5, 5.41) is 0. The summed E-state index contributed by atoms with van der Waals surface area (Å²) in [6.07, 6.45) is 5.71. The maximum absolute atomic E-state index is 11.6. The number of nitrogens with two attached hydrogens (primary N) is 1. The zero-order valence-corrected chi connectivity index (χ0v) is 12.8. The maximum atomic E-state index is 11.6. The van der Waals surface area contributed by atoms with E-state index in [0.717, 1.165) is 30.6 Å². The molecule has 0 amide bonds. The molecule has 3 N–H and O–H groups in total. The molecule has 7 heteroatoms. The molecule has 0 aliphatic carbocycles. The van der Waals surface area contributed by atoms with Gasteiger partial charge in [0.15, 0.2) is 0 Å². The third-order valence-electron chi connectivity index (χ3n) is 3.87. The molecule has 20 heavy (non-hydrogen) atoms. The Bertz CT molecular complexity index is 541. The van der Waals surface area contributed by atoms with E-state index in [-0.39, 0.29) is 6.04 Å². The zero-order valence-electron chi connectivity index (χ0n) is 12.0. The molecule has 0 bridgehead atoms. The minimum absolute atomic E-state index is 0.00281. The van der Waals surface area contributed by atoms with Crippen LogP contribution in [0, 0.1) is 12.8 Å². The topological polar surface area (TPSA) is 88.6 Å². The van der Waals surface area contributed by atoms with Gasteiger partial charge in [0, 0.05) is 24.7 Å². The first-order valence-electron chi connectivity index (χ1n) is 6.86. The number of nitrogens with one attached hydrogen (secondary N) is 1. The van der Waals surface area contributed by atoms with Crippen molar-refractivity contribution in [1.82, 2.24) is 9.73 Å². The lowest BCUT2D eigenvalue weighted by molar-refractivity contribution is 0.238. The second-order valence-corrected chi connectivity index (χ2v) is 7.56. The fourth-order valence-corrected chi connectivity index (χ4v) is 3.74. The molecule has 2 heterocycles. The van der Waals surface area contributed by atoms with Crippen molar-refractivity contribution < 1.29 is 12.8 Å². The molecule has 0 spiro atoms. The quantitative estimate of drug-likeness (QED) is 0.629. The Morgan fingerprint density at radius 3 is 2.90 bits per heavy atom. The summed E-state index contributed by atoms with van der Waals surface area (Å²) in [5.41, 5.74) is 3.82. The largest absolute Gasteiger partial charge is 0.469 e. The third-order valence-corrected chi connectivity index (χ3v) is 5.14. The number of hydrazine groups is 1. The molecule has 1 aromatic rings. The number of nitrogens with zero attached hydrogens (tertiary/aromatic N) is 1. The number of rotatable bonds is 5. The molecule has 1 aromatic heterocycles. The Balaban J connectivity index is 2.01. The van der Waals surface area contributed by atoms with Gasteiger partial charge < -0.3 is 4.42 Å². The number of furan rings is 1. The van der Waals surface area contributed by atoms with Crippen LogP contribution < -0.4 is 11.3 Å². The summed E-state index contributed by atoms with van der Waals surface area (Å²) in [6, 6.07) is 1.96. The predicted molar refractivity (Wildman–Crippen MR) is 77.3 cm³/mol. The minimum Gasteiger partial charge on any atom is -0.469 e. The molecular weight excluding hydrogens is 278 g/mol. The van der Waals surface area contributed by atoms with Crippen molar-refractivity contribution in [3.8, 4) is 0 Å². The van der Waals surface area contributed by atoms with Crippen LogP contribution >= 0.6 is 0 Å². The first-order chi connectivity index (χ1) is 9.40. The Labute approximate surface area is 120 Å². The van der Waals surface area contributed by atoms with Crippen molar-refractivity contribution >= 4 is 10.0 Å². The molecule has 2 unspecified atom stereocenters. The van der Waals surface area contributed by atoms with Gasteiger partial charge in [-0.2, -0.15) is 0 Å². The van der Waals surface area contributed by atoms with Crippen molar-refractivity contribution in [2.45, 2.75) is 32.2 Å². The smallest absolute Gasteiger partial charge is 0.211 e. The lowest BCUT2D eigenvalue weighted by atomic mass is 9.90. The maximum Gasteiger partial charge on any atom is 0.211 e. The predicted octanol–water partition coefficient (Wildman–Crippen LogP) is 1.15. The number of piperidine rings is 1. The number of hydrogen-bond donors (Lipinski definition) is 2. The molecular formula is C13H23N3O3S. The molecule has 1 aliphatic rings. The summed E-state index contributed by atoms with van der Waals surface area (Å²) >= 11 is 0. The van der Waals surface area contributed by atoms with Crippen LogP contribution in [0.15, 0.2) is 16.7 Å². The Morgan fingerprint density at radius 1 is 1.60 bits per heavy atom. The first-order valence-corrected chi connectivity index (χ1v) is 8.71. The van der Waals surface area contributed by atoms with Gasteiger partial charge in [-0.1, -0.05) is 0 Å². The van der Waals surface area contributed by atoms with Crippen LogP contribution in [0.5, 0.6) is 0 Å². The molecule has 0 aromatic carbocycles. The van der Waals surface area contributed by atoms with Crippen LogP contribution in [0.4, 0.5) is 0 Å². The minimum atomic E-state index is -3.10. The van der Waals surface area contributed by atoms with Crippen molar-refractivity contribution in [1.29, 1.82) is 0 Å². The highest BCUT2D eigenvalue weighted by Gasteiger charge is 2.28. The fraction of sp³-hybridized carbons (Fsp3) is 0.692. The van der Waals surface area contributed by atoms with E-state index in [2.05, 4.69) is 5.43 Å². The van der Waals surface area contributed by atoms with Crippen LogP contribution in [0.25, 0.3) is 0 Å². The molecule has 1 fully saturated rings. The standard InChI is InChI=1S/C13H23N3O3S/c1-10-6-12(9-19-10)13(15-14)7-11-4-3-5-16(8-11)20(2,17)18/h6,9,11,13,15H,3-5,7-8,14H2,1-2H3. The van der Waals surface area contributed by atoms with E-state index >= 15 is 0 Å².